The van der Waals surface area contributed by atoms with E-state index in [4.69, 9.17) is 15.2 Å². The van der Waals surface area contributed by atoms with Gasteiger partial charge in [0.05, 0.1) is 26.4 Å². The Morgan fingerprint density at radius 2 is 1.80 bits per heavy atom. The first kappa shape index (κ1) is 14.3. The zero-order chi connectivity index (χ0) is 11.5. The van der Waals surface area contributed by atoms with Gasteiger partial charge in [0.2, 0.25) is 5.91 Å². The van der Waals surface area contributed by atoms with Crippen molar-refractivity contribution in [1.29, 1.82) is 0 Å². The molecule has 0 radical (unpaired) electrons. The molecule has 0 atom stereocenters. The minimum atomic E-state index is 0.0258. The number of carbonyl (C=O) groups is 1. The van der Waals surface area contributed by atoms with Gasteiger partial charge in [0, 0.05) is 19.0 Å². The summed E-state index contributed by atoms with van der Waals surface area (Å²) >= 11 is 0. The van der Waals surface area contributed by atoms with E-state index in [0.717, 1.165) is 0 Å². The van der Waals surface area contributed by atoms with E-state index in [9.17, 15) is 4.79 Å². The Hall–Kier alpha value is -0.650. The molecule has 1 amide bonds. The second kappa shape index (κ2) is 9.89. The minimum absolute atomic E-state index is 0.0258. The lowest BCUT2D eigenvalue weighted by atomic mass is 10.2. The topological polar surface area (TPSA) is 73.6 Å². The zero-order valence-corrected chi connectivity index (χ0v) is 9.62. The van der Waals surface area contributed by atoms with Crippen LogP contribution in [-0.2, 0) is 14.3 Å². The Morgan fingerprint density at radius 3 is 2.33 bits per heavy atom. The summed E-state index contributed by atoms with van der Waals surface area (Å²) in [5, 5.41) is 2.76. The van der Waals surface area contributed by atoms with Crippen molar-refractivity contribution in [2.24, 2.45) is 11.7 Å². The zero-order valence-electron chi connectivity index (χ0n) is 9.62. The van der Waals surface area contributed by atoms with Gasteiger partial charge < -0.3 is 20.5 Å². The highest BCUT2D eigenvalue weighted by Gasteiger charge is 2.04. The van der Waals surface area contributed by atoms with Gasteiger partial charge in [0.1, 0.15) is 0 Å². The first-order valence-electron chi connectivity index (χ1n) is 5.31. The largest absolute Gasteiger partial charge is 0.378 e. The van der Waals surface area contributed by atoms with Gasteiger partial charge in [0.15, 0.2) is 0 Å². The number of hydrogen-bond donors (Lipinski definition) is 2. The van der Waals surface area contributed by atoms with Gasteiger partial charge in [-0.2, -0.15) is 0 Å². The van der Waals surface area contributed by atoms with Crippen molar-refractivity contribution in [2.45, 2.75) is 13.8 Å². The molecule has 90 valence electrons. The van der Waals surface area contributed by atoms with Crippen molar-refractivity contribution >= 4 is 5.91 Å². The van der Waals surface area contributed by atoms with E-state index in [2.05, 4.69) is 5.32 Å². The molecule has 0 aromatic carbocycles. The van der Waals surface area contributed by atoms with E-state index in [1.54, 1.807) is 0 Å². The average molecular weight is 218 g/mol. The van der Waals surface area contributed by atoms with E-state index in [-0.39, 0.29) is 11.8 Å². The number of carbonyl (C=O) groups excluding carboxylic acids is 1. The number of ether oxygens (including phenoxy) is 2. The number of hydrogen-bond acceptors (Lipinski definition) is 4. The maximum Gasteiger partial charge on any atom is 0.222 e. The maximum atomic E-state index is 11.1. The summed E-state index contributed by atoms with van der Waals surface area (Å²) in [6.07, 6.45) is 0. The highest BCUT2D eigenvalue weighted by molar-refractivity contribution is 5.77. The van der Waals surface area contributed by atoms with Crippen molar-refractivity contribution in [2.75, 3.05) is 39.5 Å². The van der Waals surface area contributed by atoms with Crippen molar-refractivity contribution in [1.82, 2.24) is 5.32 Å². The molecule has 0 spiro atoms. The Bertz CT molecular complexity index is 163. The molecule has 0 heterocycles. The van der Waals surface area contributed by atoms with E-state index in [1.165, 1.54) is 0 Å². The summed E-state index contributed by atoms with van der Waals surface area (Å²) < 4.78 is 10.3. The van der Waals surface area contributed by atoms with E-state index >= 15 is 0 Å². The molecule has 15 heavy (non-hydrogen) atoms. The summed E-state index contributed by atoms with van der Waals surface area (Å²) in [7, 11) is 0. The summed E-state index contributed by atoms with van der Waals surface area (Å²) in [4.78, 5) is 11.1. The SMILES string of the molecule is CC(C)C(=O)NCCOCCOCCN. The number of nitrogens with one attached hydrogen (secondary N) is 1. The molecule has 0 aliphatic rings. The molecule has 0 bridgehead atoms. The second-order valence-electron chi connectivity index (χ2n) is 3.46. The molecule has 0 aromatic heterocycles. The molecular formula is C10H22N2O3. The lowest BCUT2D eigenvalue weighted by molar-refractivity contribution is -0.124. The molecule has 3 N–H and O–H groups in total. The molecule has 0 aromatic rings. The first-order valence-corrected chi connectivity index (χ1v) is 5.31. The van der Waals surface area contributed by atoms with Crippen molar-refractivity contribution in [3.63, 3.8) is 0 Å². The summed E-state index contributed by atoms with van der Waals surface area (Å²) in [5.74, 6) is 0.0795. The monoisotopic (exact) mass is 218 g/mol. The summed E-state index contributed by atoms with van der Waals surface area (Å²) in [6.45, 7) is 6.97. The fourth-order valence-electron chi connectivity index (χ4n) is 0.856. The lowest BCUT2D eigenvalue weighted by Crippen LogP contribution is -2.31. The lowest BCUT2D eigenvalue weighted by Gasteiger charge is -2.08. The van der Waals surface area contributed by atoms with Crippen LogP contribution in [-0.4, -0.2) is 45.4 Å². The Labute approximate surface area is 91.3 Å². The predicted octanol–water partition coefficient (Wildman–Crippen LogP) is -0.249. The molecule has 0 aliphatic heterocycles. The van der Waals surface area contributed by atoms with Crippen LogP contribution in [0.1, 0.15) is 13.8 Å². The van der Waals surface area contributed by atoms with Crippen LogP contribution in [0, 0.1) is 5.92 Å². The Morgan fingerprint density at radius 1 is 1.20 bits per heavy atom. The van der Waals surface area contributed by atoms with Crippen molar-refractivity contribution < 1.29 is 14.3 Å². The predicted molar refractivity (Wildman–Crippen MR) is 58.5 cm³/mol. The fraction of sp³-hybridized carbons (Fsp3) is 0.900. The van der Waals surface area contributed by atoms with Gasteiger partial charge in [-0.25, -0.2) is 0 Å². The van der Waals surface area contributed by atoms with Gasteiger partial charge >= 0.3 is 0 Å². The van der Waals surface area contributed by atoms with Crippen LogP contribution >= 0.6 is 0 Å². The molecule has 0 aliphatic carbocycles. The quantitative estimate of drug-likeness (QED) is 0.523. The third kappa shape index (κ3) is 9.65. The normalized spacial score (nSPS) is 10.7. The average Bonchev–Trinajstić information content (AvgIpc) is 2.21. The molecular weight excluding hydrogens is 196 g/mol. The Kier molecular flexibility index (Phi) is 9.46. The third-order valence-corrected chi connectivity index (χ3v) is 1.70. The van der Waals surface area contributed by atoms with Crippen LogP contribution in [0.5, 0.6) is 0 Å². The highest BCUT2D eigenvalue weighted by Crippen LogP contribution is 1.89. The number of nitrogens with two attached hydrogens (primary N) is 1. The third-order valence-electron chi connectivity index (χ3n) is 1.70. The van der Waals surface area contributed by atoms with Crippen molar-refractivity contribution in [3.05, 3.63) is 0 Å². The molecule has 0 saturated heterocycles. The van der Waals surface area contributed by atoms with E-state index in [0.29, 0.717) is 39.5 Å². The first-order chi connectivity index (χ1) is 7.18. The Balaban J connectivity index is 3.08. The fourth-order valence-corrected chi connectivity index (χ4v) is 0.856. The molecule has 5 heteroatoms. The smallest absolute Gasteiger partial charge is 0.222 e. The van der Waals surface area contributed by atoms with Gasteiger partial charge in [-0.05, 0) is 0 Å². The molecule has 0 rings (SSSR count). The van der Waals surface area contributed by atoms with Crippen LogP contribution in [0.15, 0.2) is 0 Å². The van der Waals surface area contributed by atoms with Crippen molar-refractivity contribution in [3.8, 4) is 0 Å². The maximum absolute atomic E-state index is 11.1. The second-order valence-corrected chi connectivity index (χ2v) is 3.46. The van der Waals surface area contributed by atoms with Gasteiger partial charge in [-0.3, -0.25) is 4.79 Å². The molecule has 0 fully saturated rings. The van der Waals surface area contributed by atoms with E-state index < -0.39 is 0 Å². The minimum Gasteiger partial charge on any atom is -0.378 e. The van der Waals surface area contributed by atoms with Crippen LogP contribution < -0.4 is 11.1 Å². The highest BCUT2D eigenvalue weighted by atomic mass is 16.5. The van der Waals surface area contributed by atoms with E-state index in [1.807, 2.05) is 13.8 Å². The van der Waals surface area contributed by atoms with Gasteiger partial charge in [0.25, 0.3) is 0 Å². The van der Waals surface area contributed by atoms with Crippen LogP contribution in [0.2, 0.25) is 0 Å². The van der Waals surface area contributed by atoms with Gasteiger partial charge in [-0.15, -0.1) is 0 Å². The molecule has 0 unspecified atom stereocenters. The van der Waals surface area contributed by atoms with Crippen LogP contribution in [0.3, 0.4) is 0 Å². The van der Waals surface area contributed by atoms with Crippen LogP contribution in [0.25, 0.3) is 0 Å². The molecule has 0 saturated carbocycles. The molecule has 5 nitrogen and oxygen atoms in total. The summed E-state index contributed by atoms with van der Waals surface area (Å²) in [5.41, 5.74) is 5.24. The number of rotatable bonds is 9. The number of amides is 1. The summed E-state index contributed by atoms with van der Waals surface area (Å²) in [6, 6.07) is 0. The van der Waals surface area contributed by atoms with Crippen LogP contribution in [0.4, 0.5) is 0 Å². The standard InChI is InChI=1S/C10H22N2O3/c1-9(2)10(13)12-4-6-15-8-7-14-5-3-11/h9H,3-8,11H2,1-2H3,(H,12,13). The van der Waals surface area contributed by atoms with Gasteiger partial charge in [-0.1, -0.05) is 13.8 Å².